The van der Waals surface area contributed by atoms with E-state index in [9.17, 15) is 9.59 Å². The average molecular weight is 221 g/mol. The van der Waals surface area contributed by atoms with Crippen molar-refractivity contribution in [3.63, 3.8) is 0 Å². The third-order valence-electron chi connectivity index (χ3n) is 2.17. The second kappa shape index (κ2) is 5.05. The van der Waals surface area contributed by atoms with E-state index >= 15 is 0 Å². The largest absolute Gasteiger partial charge is 0.480 e. The van der Waals surface area contributed by atoms with Crippen molar-refractivity contribution in [3.8, 4) is 0 Å². The van der Waals surface area contributed by atoms with Crippen LogP contribution >= 0.6 is 11.6 Å². The second-order valence-corrected chi connectivity index (χ2v) is 3.49. The van der Waals surface area contributed by atoms with Gasteiger partial charge in [-0.1, -0.05) is 0 Å². The van der Waals surface area contributed by atoms with Gasteiger partial charge in [-0.2, -0.15) is 0 Å². The topological polar surface area (TPSA) is 69.6 Å². The molecule has 1 rings (SSSR count). The van der Waals surface area contributed by atoms with Gasteiger partial charge in [0.1, 0.15) is 6.04 Å². The van der Waals surface area contributed by atoms with Crippen molar-refractivity contribution in [3.05, 3.63) is 0 Å². The van der Waals surface area contributed by atoms with Crippen LogP contribution in [0.1, 0.15) is 12.8 Å². The highest BCUT2D eigenvalue weighted by molar-refractivity contribution is 6.18. The van der Waals surface area contributed by atoms with Gasteiger partial charge in [-0.05, 0) is 12.8 Å². The summed E-state index contributed by atoms with van der Waals surface area (Å²) in [6.07, 6.45) is 1.27. The first kappa shape index (κ1) is 11.1. The van der Waals surface area contributed by atoms with E-state index in [4.69, 9.17) is 16.7 Å². The Morgan fingerprint density at radius 3 is 2.86 bits per heavy atom. The molecule has 14 heavy (non-hydrogen) atoms. The molecule has 2 N–H and O–H groups in total. The Labute approximate surface area is 87.0 Å². The van der Waals surface area contributed by atoms with E-state index in [1.807, 2.05) is 0 Å². The van der Waals surface area contributed by atoms with Crippen molar-refractivity contribution < 1.29 is 14.7 Å². The first-order chi connectivity index (χ1) is 6.66. The molecule has 2 amide bonds. The fourth-order valence-electron chi connectivity index (χ4n) is 1.52. The van der Waals surface area contributed by atoms with Crippen molar-refractivity contribution in [2.75, 3.05) is 19.0 Å². The molecule has 1 aliphatic heterocycles. The molecule has 0 aromatic carbocycles. The fraction of sp³-hybridized carbons (Fsp3) is 0.750. The van der Waals surface area contributed by atoms with Crippen LogP contribution in [0.4, 0.5) is 4.79 Å². The summed E-state index contributed by atoms with van der Waals surface area (Å²) in [5.74, 6) is -0.611. The number of urea groups is 1. The van der Waals surface area contributed by atoms with Gasteiger partial charge in [-0.15, -0.1) is 11.6 Å². The van der Waals surface area contributed by atoms with Crippen molar-refractivity contribution >= 4 is 23.6 Å². The zero-order valence-electron chi connectivity index (χ0n) is 7.70. The van der Waals surface area contributed by atoms with Crippen molar-refractivity contribution in [1.29, 1.82) is 0 Å². The number of hydrogen-bond acceptors (Lipinski definition) is 2. The second-order valence-electron chi connectivity index (χ2n) is 3.11. The van der Waals surface area contributed by atoms with Gasteiger partial charge in [0.25, 0.3) is 0 Å². The van der Waals surface area contributed by atoms with Crippen LogP contribution in [0, 0.1) is 0 Å². The van der Waals surface area contributed by atoms with Gasteiger partial charge in [-0.25, -0.2) is 9.59 Å². The molecule has 0 bridgehead atoms. The number of halogens is 1. The highest BCUT2D eigenvalue weighted by Gasteiger charge is 2.33. The smallest absolute Gasteiger partial charge is 0.326 e. The minimum absolute atomic E-state index is 0.331. The molecule has 0 aromatic heterocycles. The van der Waals surface area contributed by atoms with Crippen LogP contribution in [-0.4, -0.2) is 47.0 Å². The number of carboxylic acid groups (broad SMARTS) is 1. The van der Waals surface area contributed by atoms with Gasteiger partial charge in [0.2, 0.25) is 0 Å². The van der Waals surface area contributed by atoms with Gasteiger partial charge < -0.3 is 15.3 Å². The number of rotatable bonds is 3. The molecule has 0 aliphatic carbocycles. The molecular weight excluding hydrogens is 208 g/mol. The van der Waals surface area contributed by atoms with Crippen molar-refractivity contribution in [1.82, 2.24) is 10.2 Å². The zero-order chi connectivity index (χ0) is 10.6. The molecule has 1 fully saturated rings. The monoisotopic (exact) mass is 220 g/mol. The quantitative estimate of drug-likeness (QED) is 0.680. The number of amides is 2. The Morgan fingerprint density at radius 1 is 1.57 bits per heavy atom. The number of nitrogens with one attached hydrogen (secondary N) is 1. The molecule has 80 valence electrons. The summed E-state index contributed by atoms with van der Waals surface area (Å²) in [5, 5.41) is 11.4. The molecular formula is C8H13ClN2O3. The lowest BCUT2D eigenvalue weighted by atomic mass is 10.2. The van der Waals surface area contributed by atoms with Gasteiger partial charge in [0.05, 0.1) is 0 Å². The first-order valence-electron chi connectivity index (χ1n) is 4.50. The Morgan fingerprint density at radius 2 is 2.29 bits per heavy atom. The summed E-state index contributed by atoms with van der Waals surface area (Å²) in [6, 6.07) is -1.01. The first-order valence-corrected chi connectivity index (χ1v) is 5.03. The number of nitrogens with zero attached hydrogens (tertiary/aromatic N) is 1. The van der Waals surface area contributed by atoms with Crippen LogP contribution in [-0.2, 0) is 4.79 Å². The molecule has 1 heterocycles. The summed E-state index contributed by atoms with van der Waals surface area (Å²) in [4.78, 5) is 23.5. The van der Waals surface area contributed by atoms with E-state index in [-0.39, 0.29) is 6.03 Å². The van der Waals surface area contributed by atoms with Gasteiger partial charge >= 0.3 is 12.0 Å². The minimum Gasteiger partial charge on any atom is -0.480 e. The number of alkyl halides is 1. The molecule has 1 atom stereocenters. The van der Waals surface area contributed by atoms with Crippen LogP contribution in [0.15, 0.2) is 0 Å². The molecule has 0 saturated carbocycles. The Kier molecular flexibility index (Phi) is 4.00. The molecule has 0 unspecified atom stereocenters. The van der Waals surface area contributed by atoms with Crippen LogP contribution in [0.25, 0.3) is 0 Å². The number of hydrogen-bond donors (Lipinski definition) is 2. The van der Waals surface area contributed by atoms with E-state index in [0.717, 1.165) is 6.42 Å². The van der Waals surface area contributed by atoms with Crippen LogP contribution in [0.3, 0.4) is 0 Å². The summed E-state index contributed by atoms with van der Waals surface area (Å²) in [6.45, 7) is 0.869. The standard InChI is InChI=1S/C8H13ClN2O3/c9-3-4-10-8(14)11-5-1-2-6(11)7(12)13/h6H,1-5H2,(H,10,14)(H,12,13)/t6-/m1/s1. The Balaban J connectivity index is 2.49. The maximum Gasteiger partial charge on any atom is 0.326 e. The van der Waals surface area contributed by atoms with Gasteiger partial charge in [0.15, 0.2) is 0 Å². The lowest BCUT2D eigenvalue weighted by Gasteiger charge is -2.21. The van der Waals surface area contributed by atoms with Crippen LogP contribution in [0.2, 0.25) is 0 Å². The maximum absolute atomic E-state index is 11.4. The van der Waals surface area contributed by atoms with E-state index in [2.05, 4.69) is 5.32 Å². The normalized spacial score (nSPS) is 20.9. The van der Waals surface area contributed by atoms with E-state index in [1.165, 1.54) is 4.90 Å². The van der Waals surface area contributed by atoms with E-state index < -0.39 is 12.0 Å². The maximum atomic E-state index is 11.4. The van der Waals surface area contributed by atoms with Crippen LogP contribution in [0.5, 0.6) is 0 Å². The number of likely N-dealkylation sites (tertiary alicyclic amines) is 1. The molecule has 6 heteroatoms. The Bertz CT molecular complexity index is 235. The lowest BCUT2D eigenvalue weighted by Crippen LogP contribution is -2.46. The zero-order valence-corrected chi connectivity index (χ0v) is 8.46. The molecule has 5 nitrogen and oxygen atoms in total. The predicted octanol–water partition coefficient (Wildman–Crippen LogP) is 0.484. The highest BCUT2D eigenvalue weighted by atomic mass is 35.5. The van der Waals surface area contributed by atoms with E-state index in [0.29, 0.717) is 25.4 Å². The SMILES string of the molecule is O=C(O)[C@H]1CCCN1C(=O)NCCCl. The summed E-state index contributed by atoms with van der Waals surface area (Å²) in [5.41, 5.74) is 0. The lowest BCUT2D eigenvalue weighted by molar-refractivity contribution is -0.141. The van der Waals surface area contributed by atoms with Gasteiger partial charge in [-0.3, -0.25) is 0 Å². The third-order valence-corrected chi connectivity index (χ3v) is 2.36. The highest BCUT2D eigenvalue weighted by Crippen LogP contribution is 2.16. The minimum atomic E-state index is -0.941. The molecule has 0 radical (unpaired) electrons. The van der Waals surface area contributed by atoms with Gasteiger partial charge in [0, 0.05) is 19.0 Å². The molecule has 0 spiro atoms. The molecule has 1 saturated heterocycles. The number of aliphatic carboxylic acids is 1. The summed E-state index contributed by atoms with van der Waals surface area (Å²) >= 11 is 5.40. The van der Waals surface area contributed by atoms with Crippen molar-refractivity contribution in [2.45, 2.75) is 18.9 Å². The third kappa shape index (κ3) is 2.51. The predicted molar refractivity (Wildman–Crippen MR) is 51.5 cm³/mol. The summed E-state index contributed by atoms with van der Waals surface area (Å²) < 4.78 is 0. The summed E-state index contributed by atoms with van der Waals surface area (Å²) in [7, 11) is 0. The van der Waals surface area contributed by atoms with Crippen molar-refractivity contribution in [2.24, 2.45) is 0 Å². The number of carbonyl (C=O) groups excluding carboxylic acids is 1. The Hall–Kier alpha value is -0.970. The number of carboxylic acids is 1. The fourth-order valence-corrected chi connectivity index (χ4v) is 1.62. The van der Waals surface area contributed by atoms with E-state index in [1.54, 1.807) is 0 Å². The molecule has 1 aliphatic rings. The average Bonchev–Trinajstić information content (AvgIpc) is 2.62. The van der Waals surface area contributed by atoms with Crippen LogP contribution < -0.4 is 5.32 Å². The molecule has 0 aromatic rings. The number of carbonyl (C=O) groups is 2.